The van der Waals surface area contributed by atoms with Crippen LogP contribution in [0, 0.1) is 5.92 Å². The zero-order valence-corrected chi connectivity index (χ0v) is 12.3. The number of nitrogens with one attached hydrogen (secondary N) is 1. The van der Waals surface area contributed by atoms with E-state index in [-0.39, 0.29) is 17.8 Å². The highest BCUT2D eigenvalue weighted by molar-refractivity contribution is 5.74. The lowest BCUT2D eigenvalue weighted by molar-refractivity contribution is -0.149. The Hall–Kier alpha value is -1.75. The van der Waals surface area contributed by atoms with Gasteiger partial charge in [0.2, 0.25) is 0 Å². The number of hydrogen-bond donors (Lipinski definition) is 1. The summed E-state index contributed by atoms with van der Waals surface area (Å²) in [5, 5.41) is 3.28. The zero-order valence-electron chi connectivity index (χ0n) is 12.3. The second-order valence-corrected chi connectivity index (χ2v) is 5.33. The van der Waals surface area contributed by atoms with Crippen molar-refractivity contribution in [3.05, 3.63) is 23.8 Å². The largest absolute Gasteiger partial charge is 0.486 e. The Morgan fingerprint density at radius 1 is 1.38 bits per heavy atom. The molecule has 114 valence electrons. The van der Waals surface area contributed by atoms with Crippen molar-refractivity contribution in [2.75, 3.05) is 32.9 Å². The van der Waals surface area contributed by atoms with Crippen LogP contribution in [0.2, 0.25) is 0 Å². The van der Waals surface area contributed by atoms with Crippen LogP contribution in [0.25, 0.3) is 0 Å². The predicted octanol–water partition coefficient (Wildman–Crippen LogP) is 1.71. The molecule has 1 fully saturated rings. The molecule has 0 saturated carbocycles. The third-order valence-electron chi connectivity index (χ3n) is 4.07. The summed E-state index contributed by atoms with van der Waals surface area (Å²) in [7, 11) is 0. The fraction of sp³-hybridized carbons (Fsp3) is 0.562. The molecule has 2 aliphatic heterocycles. The normalized spacial score (nSPS) is 24.4. The van der Waals surface area contributed by atoms with Gasteiger partial charge in [-0.05, 0) is 26.0 Å². The van der Waals surface area contributed by atoms with Crippen LogP contribution >= 0.6 is 0 Å². The second kappa shape index (κ2) is 6.35. The molecule has 0 spiro atoms. The van der Waals surface area contributed by atoms with Gasteiger partial charge in [-0.3, -0.25) is 4.79 Å². The first-order valence-corrected chi connectivity index (χ1v) is 7.57. The second-order valence-electron chi connectivity index (χ2n) is 5.33. The van der Waals surface area contributed by atoms with Crippen LogP contribution in [0.15, 0.2) is 18.2 Å². The van der Waals surface area contributed by atoms with Gasteiger partial charge in [0, 0.05) is 18.0 Å². The Morgan fingerprint density at radius 2 is 2.24 bits per heavy atom. The lowest BCUT2D eigenvalue weighted by Gasteiger charge is -2.33. The summed E-state index contributed by atoms with van der Waals surface area (Å²) < 4.78 is 16.7. The van der Waals surface area contributed by atoms with Crippen molar-refractivity contribution >= 4 is 5.97 Å². The van der Waals surface area contributed by atoms with Crippen molar-refractivity contribution in [1.82, 2.24) is 5.32 Å². The fourth-order valence-electron chi connectivity index (χ4n) is 3.12. The number of carbonyl (C=O) groups is 1. The van der Waals surface area contributed by atoms with Crippen LogP contribution in [0.1, 0.15) is 24.8 Å². The van der Waals surface area contributed by atoms with Crippen LogP contribution < -0.4 is 14.8 Å². The number of esters is 1. The number of piperidine rings is 1. The highest BCUT2D eigenvalue weighted by atomic mass is 16.6. The van der Waals surface area contributed by atoms with E-state index in [2.05, 4.69) is 5.32 Å². The Kier molecular flexibility index (Phi) is 4.29. The molecule has 21 heavy (non-hydrogen) atoms. The van der Waals surface area contributed by atoms with E-state index in [1.165, 1.54) is 0 Å². The molecule has 1 unspecified atom stereocenters. The van der Waals surface area contributed by atoms with Crippen molar-refractivity contribution in [1.29, 1.82) is 0 Å². The van der Waals surface area contributed by atoms with Gasteiger partial charge >= 0.3 is 5.97 Å². The lowest BCUT2D eigenvalue weighted by atomic mass is 9.80. The number of fused-ring (bicyclic) bond motifs is 1. The van der Waals surface area contributed by atoms with Gasteiger partial charge in [0.1, 0.15) is 13.2 Å². The number of benzene rings is 1. The van der Waals surface area contributed by atoms with Crippen LogP contribution in [0.3, 0.4) is 0 Å². The third-order valence-corrected chi connectivity index (χ3v) is 4.07. The number of para-hydroxylation sites is 1. The molecule has 0 aliphatic carbocycles. The van der Waals surface area contributed by atoms with Gasteiger partial charge in [-0.1, -0.05) is 12.1 Å². The molecule has 2 aliphatic rings. The van der Waals surface area contributed by atoms with Gasteiger partial charge in [-0.2, -0.15) is 0 Å². The van der Waals surface area contributed by atoms with Crippen LogP contribution in [-0.2, 0) is 9.53 Å². The molecular formula is C16H21NO4. The monoisotopic (exact) mass is 291 g/mol. The SMILES string of the molecule is CCOC(=O)[C@@H]1CNCCC1c1cccc2c1OCCO2. The Balaban J connectivity index is 1.91. The summed E-state index contributed by atoms with van der Waals surface area (Å²) in [5.74, 6) is 1.38. The Bertz CT molecular complexity index is 517. The zero-order chi connectivity index (χ0) is 14.7. The van der Waals surface area contributed by atoms with E-state index in [1.807, 2.05) is 25.1 Å². The molecule has 1 aromatic rings. The van der Waals surface area contributed by atoms with Gasteiger partial charge in [-0.25, -0.2) is 0 Å². The maximum Gasteiger partial charge on any atom is 0.310 e. The smallest absolute Gasteiger partial charge is 0.310 e. The summed E-state index contributed by atoms with van der Waals surface area (Å²) in [4.78, 5) is 12.2. The minimum absolute atomic E-state index is 0.113. The van der Waals surface area contributed by atoms with Gasteiger partial charge < -0.3 is 19.5 Å². The first-order chi connectivity index (χ1) is 10.3. The van der Waals surface area contributed by atoms with E-state index in [0.29, 0.717) is 26.4 Å². The van der Waals surface area contributed by atoms with Crippen LogP contribution in [0.4, 0.5) is 0 Å². The molecule has 0 bridgehead atoms. The lowest BCUT2D eigenvalue weighted by Crippen LogP contribution is -2.40. The highest BCUT2D eigenvalue weighted by Gasteiger charge is 2.35. The van der Waals surface area contributed by atoms with Crippen molar-refractivity contribution in [2.45, 2.75) is 19.3 Å². The molecule has 3 rings (SSSR count). The summed E-state index contributed by atoms with van der Waals surface area (Å²) in [5.41, 5.74) is 1.06. The van der Waals surface area contributed by atoms with Gasteiger partial charge in [0.25, 0.3) is 0 Å². The maximum absolute atomic E-state index is 12.2. The quantitative estimate of drug-likeness (QED) is 0.859. The van der Waals surface area contributed by atoms with Crippen molar-refractivity contribution in [3.63, 3.8) is 0 Å². The number of carbonyl (C=O) groups excluding carboxylic acids is 1. The van der Waals surface area contributed by atoms with E-state index in [1.54, 1.807) is 0 Å². The van der Waals surface area contributed by atoms with Crippen molar-refractivity contribution in [3.8, 4) is 11.5 Å². The molecule has 5 nitrogen and oxygen atoms in total. The minimum Gasteiger partial charge on any atom is -0.486 e. The van der Waals surface area contributed by atoms with Crippen molar-refractivity contribution < 1.29 is 19.0 Å². The molecule has 1 N–H and O–H groups in total. The van der Waals surface area contributed by atoms with Crippen LogP contribution in [0.5, 0.6) is 11.5 Å². The van der Waals surface area contributed by atoms with Gasteiger partial charge in [0.05, 0.1) is 12.5 Å². The van der Waals surface area contributed by atoms with Gasteiger partial charge in [0.15, 0.2) is 11.5 Å². The Labute approximate surface area is 124 Å². The molecule has 0 aromatic heterocycles. The van der Waals surface area contributed by atoms with Crippen LogP contribution in [-0.4, -0.2) is 38.9 Å². The fourth-order valence-corrected chi connectivity index (χ4v) is 3.12. The molecule has 5 heteroatoms. The topological polar surface area (TPSA) is 56.8 Å². The Morgan fingerprint density at radius 3 is 3.10 bits per heavy atom. The molecular weight excluding hydrogens is 270 g/mol. The first kappa shape index (κ1) is 14.2. The summed E-state index contributed by atoms with van der Waals surface area (Å²) in [6, 6.07) is 5.92. The maximum atomic E-state index is 12.2. The van der Waals surface area contributed by atoms with Gasteiger partial charge in [-0.15, -0.1) is 0 Å². The third kappa shape index (κ3) is 2.83. The molecule has 2 heterocycles. The predicted molar refractivity (Wildman–Crippen MR) is 77.8 cm³/mol. The molecule has 2 atom stereocenters. The van der Waals surface area contributed by atoms with Crippen molar-refractivity contribution in [2.24, 2.45) is 5.92 Å². The number of rotatable bonds is 3. The molecule has 0 radical (unpaired) electrons. The van der Waals surface area contributed by atoms with E-state index in [9.17, 15) is 4.79 Å². The van der Waals surface area contributed by atoms with E-state index < -0.39 is 0 Å². The van der Waals surface area contributed by atoms with E-state index in [4.69, 9.17) is 14.2 Å². The van der Waals surface area contributed by atoms with E-state index in [0.717, 1.165) is 30.0 Å². The summed E-state index contributed by atoms with van der Waals surface area (Å²) in [6.07, 6.45) is 0.892. The molecule has 0 amide bonds. The van der Waals surface area contributed by atoms with E-state index >= 15 is 0 Å². The summed E-state index contributed by atoms with van der Waals surface area (Å²) >= 11 is 0. The average Bonchev–Trinajstić information content (AvgIpc) is 2.54. The minimum atomic E-state index is -0.171. The highest BCUT2D eigenvalue weighted by Crippen LogP contribution is 2.42. The average molecular weight is 291 g/mol. The number of ether oxygens (including phenoxy) is 3. The number of hydrogen-bond acceptors (Lipinski definition) is 5. The first-order valence-electron chi connectivity index (χ1n) is 7.57. The standard InChI is InChI=1S/C16H21NO4/c1-2-19-16(18)13-10-17-7-6-11(13)12-4-3-5-14-15(12)21-9-8-20-14/h3-5,11,13,17H,2,6-10H2,1H3/t11?,13-/m1/s1. The molecule has 1 aromatic carbocycles. The molecule has 1 saturated heterocycles. The summed E-state index contributed by atoms with van der Waals surface area (Å²) in [6.45, 7) is 4.92.